The van der Waals surface area contributed by atoms with Crippen molar-refractivity contribution in [2.24, 2.45) is 0 Å². The summed E-state index contributed by atoms with van der Waals surface area (Å²) in [6.45, 7) is 2.48. The van der Waals surface area contributed by atoms with Gasteiger partial charge in [-0.2, -0.15) is 0 Å². The van der Waals surface area contributed by atoms with Crippen molar-refractivity contribution in [3.63, 3.8) is 0 Å². The molecule has 0 unspecified atom stereocenters. The number of rotatable bonds is 8. The molecule has 0 bridgehead atoms. The van der Waals surface area contributed by atoms with E-state index in [0.29, 0.717) is 18.0 Å². The van der Waals surface area contributed by atoms with Crippen LogP contribution in [0.3, 0.4) is 0 Å². The van der Waals surface area contributed by atoms with E-state index in [0.717, 1.165) is 17.4 Å². The first-order valence-electron chi connectivity index (χ1n) is 8.23. The molecule has 2 rings (SSSR count). The van der Waals surface area contributed by atoms with E-state index in [1.54, 1.807) is 24.3 Å². The lowest BCUT2D eigenvalue weighted by molar-refractivity contribution is -0.121. The lowest BCUT2D eigenvalue weighted by Gasteiger charge is -2.22. The average molecular weight is 376 g/mol. The molecule has 26 heavy (non-hydrogen) atoms. The van der Waals surface area contributed by atoms with Crippen molar-refractivity contribution in [3.05, 3.63) is 59.7 Å². The Morgan fingerprint density at radius 1 is 1.15 bits per heavy atom. The number of nitrogens with one attached hydrogen (secondary N) is 1. The molecular weight excluding hydrogens is 352 g/mol. The van der Waals surface area contributed by atoms with Gasteiger partial charge in [0.2, 0.25) is 15.9 Å². The summed E-state index contributed by atoms with van der Waals surface area (Å²) in [5.74, 6) is 0.349. The second-order valence-corrected chi connectivity index (χ2v) is 7.96. The number of anilines is 1. The van der Waals surface area contributed by atoms with Crippen molar-refractivity contribution in [1.29, 1.82) is 0 Å². The third-order valence-electron chi connectivity index (χ3n) is 3.89. The summed E-state index contributed by atoms with van der Waals surface area (Å²) in [5, 5.41) is 2.81. The van der Waals surface area contributed by atoms with Gasteiger partial charge in [0.15, 0.2) is 0 Å². The van der Waals surface area contributed by atoms with E-state index < -0.39 is 10.0 Å². The third-order valence-corrected chi connectivity index (χ3v) is 5.09. The number of aryl methyl sites for hydroxylation is 1. The molecule has 0 aromatic heterocycles. The maximum atomic E-state index is 12.1. The van der Waals surface area contributed by atoms with Crippen LogP contribution in [0.2, 0.25) is 0 Å². The van der Waals surface area contributed by atoms with Crippen LogP contribution >= 0.6 is 0 Å². The second kappa shape index (κ2) is 8.71. The zero-order valence-electron chi connectivity index (χ0n) is 15.2. The van der Waals surface area contributed by atoms with Gasteiger partial charge in [0.25, 0.3) is 0 Å². The van der Waals surface area contributed by atoms with Crippen molar-refractivity contribution in [2.75, 3.05) is 24.2 Å². The molecular formula is C19H24N2O4S. The molecule has 6 nitrogen and oxygen atoms in total. The predicted molar refractivity (Wildman–Crippen MR) is 103 cm³/mol. The van der Waals surface area contributed by atoms with Crippen molar-refractivity contribution in [3.8, 4) is 5.75 Å². The molecule has 1 N–H and O–H groups in total. The van der Waals surface area contributed by atoms with E-state index >= 15 is 0 Å². The van der Waals surface area contributed by atoms with Crippen LogP contribution in [0, 0.1) is 6.92 Å². The Labute approximate surface area is 154 Å². The Morgan fingerprint density at radius 2 is 1.85 bits per heavy atom. The van der Waals surface area contributed by atoms with Crippen LogP contribution in [0.4, 0.5) is 5.69 Å². The molecule has 0 aliphatic carbocycles. The first-order chi connectivity index (χ1) is 12.3. The van der Waals surface area contributed by atoms with E-state index in [9.17, 15) is 13.2 Å². The Hall–Kier alpha value is -2.54. The first-order valence-corrected chi connectivity index (χ1v) is 10.1. The van der Waals surface area contributed by atoms with Gasteiger partial charge in [0.1, 0.15) is 5.75 Å². The van der Waals surface area contributed by atoms with E-state index in [1.165, 1.54) is 11.4 Å². The van der Waals surface area contributed by atoms with Crippen LogP contribution in [-0.2, 0) is 21.4 Å². The number of benzene rings is 2. The van der Waals surface area contributed by atoms with Crippen LogP contribution in [0.15, 0.2) is 48.5 Å². The topological polar surface area (TPSA) is 75.7 Å². The number of methoxy groups -OCH3 is 1. The summed E-state index contributed by atoms with van der Waals surface area (Å²) in [6, 6.07) is 14.6. The molecule has 0 atom stereocenters. The highest BCUT2D eigenvalue weighted by Crippen LogP contribution is 2.23. The second-order valence-electron chi connectivity index (χ2n) is 6.05. The Kier molecular flexibility index (Phi) is 6.63. The molecule has 0 aliphatic rings. The third kappa shape index (κ3) is 5.77. The van der Waals surface area contributed by atoms with Crippen LogP contribution in [0.25, 0.3) is 0 Å². The molecule has 2 aromatic carbocycles. The van der Waals surface area contributed by atoms with Crippen molar-refractivity contribution in [1.82, 2.24) is 5.32 Å². The number of ether oxygens (including phenoxy) is 1. The number of nitrogens with zero attached hydrogens (tertiary/aromatic N) is 1. The monoisotopic (exact) mass is 376 g/mol. The van der Waals surface area contributed by atoms with Crippen LogP contribution in [-0.4, -0.2) is 34.2 Å². The van der Waals surface area contributed by atoms with Crippen molar-refractivity contribution < 1.29 is 17.9 Å². The molecule has 2 aromatic rings. The lowest BCUT2D eigenvalue weighted by Crippen LogP contribution is -2.34. The van der Waals surface area contributed by atoms with Crippen LogP contribution in [0.1, 0.15) is 17.5 Å². The van der Waals surface area contributed by atoms with Gasteiger partial charge in [-0.1, -0.05) is 35.9 Å². The van der Waals surface area contributed by atoms with Crippen LogP contribution in [0.5, 0.6) is 5.75 Å². The summed E-state index contributed by atoms with van der Waals surface area (Å²) in [7, 11) is -2.00. The maximum Gasteiger partial charge on any atom is 0.232 e. The number of sulfonamides is 1. The van der Waals surface area contributed by atoms with Gasteiger partial charge in [0.05, 0.1) is 19.1 Å². The molecule has 0 saturated heterocycles. The van der Waals surface area contributed by atoms with E-state index in [-0.39, 0.29) is 18.9 Å². The molecule has 0 radical (unpaired) electrons. The van der Waals surface area contributed by atoms with Crippen molar-refractivity contribution >= 4 is 21.6 Å². The molecule has 1 amide bonds. The zero-order chi connectivity index (χ0) is 19.2. The molecule has 0 aliphatic heterocycles. The Bertz CT molecular complexity index is 848. The Balaban J connectivity index is 1.98. The number of amides is 1. The first kappa shape index (κ1) is 19.8. The van der Waals surface area contributed by atoms with Gasteiger partial charge in [-0.25, -0.2) is 8.42 Å². The minimum atomic E-state index is -3.51. The van der Waals surface area contributed by atoms with Crippen LogP contribution < -0.4 is 14.4 Å². The fourth-order valence-electron chi connectivity index (χ4n) is 2.45. The summed E-state index contributed by atoms with van der Waals surface area (Å²) in [5.41, 5.74) is 2.62. The normalized spacial score (nSPS) is 11.0. The van der Waals surface area contributed by atoms with E-state index in [1.807, 2.05) is 31.2 Å². The smallest absolute Gasteiger partial charge is 0.232 e. The SMILES string of the molecule is COc1cccc(N(CCC(=O)NCc2ccc(C)cc2)S(C)(=O)=O)c1. The highest BCUT2D eigenvalue weighted by Gasteiger charge is 2.19. The quantitative estimate of drug-likeness (QED) is 0.768. The molecule has 0 spiro atoms. The minimum absolute atomic E-state index is 0.0612. The van der Waals surface area contributed by atoms with Gasteiger partial charge in [-0.15, -0.1) is 0 Å². The van der Waals surface area contributed by atoms with Gasteiger partial charge in [-0.05, 0) is 24.6 Å². The zero-order valence-corrected chi connectivity index (χ0v) is 16.0. The van der Waals surface area contributed by atoms with E-state index in [2.05, 4.69) is 5.32 Å². The standard InChI is InChI=1S/C19H24N2O4S/c1-15-7-9-16(10-8-15)14-20-19(22)11-12-21(26(3,23)24)17-5-4-6-18(13-17)25-2/h4-10,13H,11-12,14H2,1-3H3,(H,20,22). The average Bonchev–Trinajstić information content (AvgIpc) is 2.60. The molecule has 0 fully saturated rings. The molecule has 140 valence electrons. The van der Waals surface area contributed by atoms with Gasteiger partial charge in [-0.3, -0.25) is 9.10 Å². The largest absolute Gasteiger partial charge is 0.497 e. The fraction of sp³-hybridized carbons (Fsp3) is 0.316. The number of carbonyl (C=O) groups excluding carboxylic acids is 1. The minimum Gasteiger partial charge on any atom is -0.497 e. The lowest BCUT2D eigenvalue weighted by atomic mass is 10.1. The maximum absolute atomic E-state index is 12.1. The number of hydrogen-bond acceptors (Lipinski definition) is 4. The highest BCUT2D eigenvalue weighted by molar-refractivity contribution is 7.92. The molecule has 0 heterocycles. The molecule has 7 heteroatoms. The number of hydrogen-bond donors (Lipinski definition) is 1. The van der Waals surface area contributed by atoms with E-state index in [4.69, 9.17) is 4.74 Å². The van der Waals surface area contributed by atoms with Gasteiger partial charge >= 0.3 is 0 Å². The van der Waals surface area contributed by atoms with Gasteiger partial charge < -0.3 is 10.1 Å². The summed E-state index contributed by atoms with van der Waals surface area (Å²) >= 11 is 0. The van der Waals surface area contributed by atoms with Crippen molar-refractivity contribution in [2.45, 2.75) is 19.9 Å². The fourth-order valence-corrected chi connectivity index (χ4v) is 3.37. The highest BCUT2D eigenvalue weighted by atomic mass is 32.2. The summed E-state index contributed by atoms with van der Waals surface area (Å²) in [6.07, 6.45) is 1.19. The molecule has 0 saturated carbocycles. The summed E-state index contributed by atoms with van der Waals surface area (Å²) in [4.78, 5) is 12.1. The predicted octanol–water partition coefficient (Wildman–Crippen LogP) is 2.48. The summed E-state index contributed by atoms with van der Waals surface area (Å²) < 4.78 is 30.6. The Morgan fingerprint density at radius 3 is 2.46 bits per heavy atom. The number of carbonyl (C=O) groups is 1. The van der Waals surface area contributed by atoms with Gasteiger partial charge in [0, 0.05) is 25.6 Å².